The van der Waals surface area contributed by atoms with E-state index in [1.165, 1.54) is 17.4 Å². The molecule has 0 aliphatic heterocycles. The molecule has 4 heteroatoms. The topological polar surface area (TPSA) is 23.8 Å². The summed E-state index contributed by atoms with van der Waals surface area (Å²) in [7, 11) is 0. The molecule has 1 nitrogen and oxygen atoms in total. The third-order valence-corrected chi connectivity index (χ3v) is 3.75. The molecule has 0 bridgehead atoms. The zero-order valence-corrected chi connectivity index (χ0v) is 9.32. The molecule has 0 saturated carbocycles. The highest BCUT2D eigenvalue weighted by Crippen LogP contribution is 2.30. The maximum atomic E-state index is 13.1. The molecule has 0 aliphatic carbocycles. The summed E-state index contributed by atoms with van der Waals surface area (Å²) >= 11 is 3.40. The lowest BCUT2D eigenvalue weighted by molar-refractivity contribution is 0.623. The predicted octanol–water partition coefficient (Wildman–Crippen LogP) is 3.52. The van der Waals surface area contributed by atoms with E-state index in [1.54, 1.807) is 11.4 Å². The number of halogens is 2. The van der Waals surface area contributed by atoms with Crippen molar-refractivity contribution in [2.75, 3.05) is 0 Å². The Kier molecular flexibility index (Phi) is 2.22. The highest BCUT2D eigenvalue weighted by atomic mass is 127. The molecular weight excluding hydrogens is 300 g/mol. The van der Waals surface area contributed by atoms with Gasteiger partial charge in [-0.15, -0.1) is 11.3 Å². The Morgan fingerprint density at radius 2 is 2.23 bits per heavy atom. The second-order valence-electron chi connectivity index (χ2n) is 2.50. The molecule has 0 radical (unpaired) electrons. The first-order valence-electron chi connectivity index (χ1n) is 3.49. The van der Waals surface area contributed by atoms with Crippen LogP contribution in [0.4, 0.5) is 4.39 Å². The summed E-state index contributed by atoms with van der Waals surface area (Å²) in [6.07, 6.45) is 0. The van der Waals surface area contributed by atoms with Crippen molar-refractivity contribution in [2.45, 2.75) is 0 Å². The number of nitrogens with zero attached hydrogens (tertiary/aromatic N) is 1. The second-order valence-corrected chi connectivity index (χ2v) is 4.49. The summed E-state index contributed by atoms with van der Waals surface area (Å²) in [5.41, 5.74) is 0.559. The van der Waals surface area contributed by atoms with Crippen LogP contribution in [0.3, 0.4) is 0 Å². The Hall–Kier alpha value is -0.670. The molecule has 1 aromatic carbocycles. The van der Waals surface area contributed by atoms with E-state index >= 15 is 0 Å². The molecule has 0 N–H and O–H groups in total. The second kappa shape index (κ2) is 3.24. The van der Waals surface area contributed by atoms with Crippen molar-refractivity contribution in [1.29, 1.82) is 5.26 Å². The Morgan fingerprint density at radius 3 is 2.92 bits per heavy atom. The average Bonchev–Trinajstić information content (AvgIpc) is 2.55. The first kappa shape index (κ1) is 8.91. The van der Waals surface area contributed by atoms with Gasteiger partial charge in [0.05, 0.1) is 9.13 Å². The van der Waals surface area contributed by atoms with E-state index in [1.807, 2.05) is 22.6 Å². The van der Waals surface area contributed by atoms with Gasteiger partial charge in [0.25, 0.3) is 0 Å². The first-order chi connectivity index (χ1) is 6.24. The van der Waals surface area contributed by atoms with Crippen LogP contribution in [-0.4, -0.2) is 0 Å². The third kappa shape index (κ3) is 1.32. The largest absolute Gasteiger partial charge is 0.206 e. The number of fused-ring (bicyclic) bond motifs is 1. The van der Waals surface area contributed by atoms with Gasteiger partial charge < -0.3 is 0 Å². The summed E-state index contributed by atoms with van der Waals surface area (Å²) in [4.78, 5) is 0. The van der Waals surface area contributed by atoms with Gasteiger partial charge >= 0.3 is 0 Å². The van der Waals surface area contributed by atoms with Crippen LogP contribution in [-0.2, 0) is 0 Å². The smallest absolute Gasteiger partial charge is 0.137 e. The van der Waals surface area contributed by atoms with Gasteiger partial charge in [-0.25, -0.2) is 4.39 Å². The maximum Gasteiger partial charge on any atom is 0.137 e. The number of rotatable bonds is 0. The Bertz CT molecular complexity index is 512. The van der Waals surface area contributed by atoms with Crippen molar-refractivity contribution in [3.8, 4) is 6.07 Å². The molecule has 0 unspecified atom stereocenters. The fourth-order valence-corrected chi connectivity index (χ4v) is 2.98. The minimum Gasteiger partial charge on any atom is -0.206 e. The third-order valence-electron chi connectivity index (χ3n) is 1.75. The average molecular weight is 303 g/mol. The van der Waals surface area contributed by atoms with Crippen molar-refractivity contribution in [3.05, 3.63) is 32.5 Å². The summed E-state index contributed by atoms with van der Waals surface area (Å²) in [5, 5.41) is 11.3. The standard InChI is InChI=1S/C9H3FINS/c10-6-1-2-7-8(9(6)11)5(3-12)4-13-7/h1-2,4H. The molecule has 64 valence electrons. The molecule has 1 aromatic heterocycles. The van der Waals surface area contributed by atoms with Gasteiger partial charge in [0.15, 0.2) is 0 Å². The summed E-state index contributed by atoms with van der Waals surface area (Å²) in [5.74, 6) is -0.261. The number of nitriles is 1. The van der Waals surface area contributed by atoms with Crippen molar-refractivity contribution >= 4 is 44.0 Å². The van der Waals surface area contributed by atoms with Crippen molar-refractivity contribution in [2.24, 2.45) is 0 Å². The van der Waals surface area contributed by atoms with E-state index in [2.05, 4.69) is 6.07 Å². The minimum absolute atomic E-state index is 0.261. The van der Waals surface area contributed by atoms with Gasteiger partial charge in [0, 0.05) is 15.5 Å². The van der Waals surface area contributed by atoms with Gasteiger partial charge in [-0.05, 0) is 34.7 Å². The van der Waals surface area contributed by atoms with Crippen molar-refractivity contribution < 1.29 is 4.39 Å². The van der Waals surface area contributed by atoms with E-state index in [4.69, 9.17) is 5.26 Å². The van der Waals surface area contributed by atoms with Crippen LogP contribution >= 0.6 is 33.9 Å². The Morgan fingerprint density at radius 1 is 1.46 bits per heavy atom. The lowest BCUT2D eigenvalue weighted by atomic mass is 10.2. The quantitative estimate of drug-likeness (QED) is 0.683. The van der Waals surface area contributed by atoms with Crippen LogP contribution in [0.5, 0.6) is 0 Å². The molecule has 0 aliphatic rings. The van der Waals surface area contributed by atoms with Gasteiger partial charge in [0.2, 0.25) is 0 Å². The lowest BCUT2D eigenvalue weighted by Gasteiger charge is -1.96. The molecule has 0 spiro atoms. The molecule has 0 saturated heterocycles. The monoisotopic (exact) mass is 303 g/mol. The molecule has 0 atom stereocenters. The number of thiophene rings is 1. The minimum atomic E-state index is -0.261. The Balaban J connectivity index is 2.95. The molecule has 0 fully saturated rings. The number of hydrogen-bond donors (Lipinski definition) is 0. The van der Waals surface area contributed by atoms with Crippen molar-refractivity contribution in [1.82, 2.24) is 0 Å². The van der Waals surface area contributed by atoms with Crippen molar-refractivity contribution in [3.63, 3.8) is 0 Å². The van der Waals surface area contributed by atoms with Crippen LogP contribution in [0.2, 0.25) is 0 Å². The van der Waals surface area contributed by atoms with E-state index in [9.17, 15) is 4.39 Å². The number of benzene rings is 1. The van der Waals surface area contributed by atoms with Gasteiger partial charge in [-0.2, -0.15) is 5.26 Å². The SMILES string of the molecule is N#Cc1csc2ccc(F)c(I)c12. The van der Waals surface area contributed by atoms with E-state index in [0.717, 1.165) is 10.1 Å². The van der Waals surface area contributed by atoms with Crippen LogP contribution in [0.25, 0.3) is 10.1 Å². The molecule has 2 rings (SSSR count). The summed E-state index contributed by atoms with van der Waals surface area (Å²) in [6, 6.07) is 5.20. The molecule has 0 amide bonds. The van der Waals surface area contributed by atoms with Crippen LogP contribution < -0.4 is 0 Å². The Labute approximate surface area is 91.9 Å². The fraction of sp³-hybridized carbons (Fsp3) is 0. The molecular formula is C9H3FINS. The molecule has 13 heavy (non-hydrogen) atoms. The number of hydrogen-bond acceptors (Lipinski definition) is 2. The summed E-state index contributed by atoms with van der Waals surface area (Å²) < 4.78 is 14.6. The molecule has 2 aromatic rings. The van der Waals surface area contributed by atoms with Crippen LogP contribution in [0.1, 0.15) is 5.56 Å². The van der Waals surface area contributed by atoms with Crippen LogP contribution in [0, 0.1) is 20.7 Å². The van der Waals surface area contributed by atoms with Gasteiger partial charge in [-0.3, -0.25) is 0 Å². The predicted molar refractivity (Wildman–Crippen MR) is 59.2 cm³/mol. The highest BCUT2D eigenvalue weighted by Gasteiger charge is 2.10. The normalized spacial score (nSPS) is 10.2. The maximum absolute atomic E-state index is 13.1. The lowest BCUT2D eigenvalue weighted by Crippen LogP contribution is -1.82. The van der Waals surface area contributed by atoms with Crippen LogP contribution in [0.15, 0.2) is 17.5 Å². The van der Waals surface area contributed by atoms with E-state index in [-0.39, 0.29) is 5.82 Å². The van der Waals surface area contributed by atoms with Gasteiger partial charge in [-0.1, -0.05) is 0 Å². The van der Waals surface area contributed by atoms with E-state index in [0.29, 0.717) is 9.13 Å². The first-order valence-corrected chi connectivity index (χ1v) is 5.45. The molecule has 1 heterocycles. The fourth-order valence-electron chi connectivity index (χ4n) is 1.15. The van der Waals surface area contributed by atoms with Gasteiger partial charge in [0.1, 0.15) is 11.9 Å². The van der Waals surface area contributed by atoms with E-state index < -0.39 is 0 Å². The highest BCUT2D eigenvalue weighted by molar-refractivity contribution is 14.1. The summed E-state index contributed by atoms with van der Waals surface area (Å²) in [6.45, 7) is 0. The zero-order chi connectivity index (χ0) is 9.42. The zero-order valence-electron chi connectivity index (χ0n) is 6.34.